The van der Waals surface area contributed by atoms with Crippen LogP contribution in [0.25, 0.3) is 0 Å². The summed E-state index contributed by atoms with van der Waals surface area (Å²) in [5.74, 6) is 1.25. The van der Waals surface area contributed by atoms with E-state index in [1.807, 2.05) is 18.2 Å². The van der Waals surface area contributed by atoms with Gasteiger partial charge in [0.05, 0.1) is 7.11 Å². The van der Waals surface area contributed by atoms with Crippen LogP contribution in [0.2, 0.25) is 10.0 Å². The Morgan fingerprint density at radius 1 is 1.17 bits per heavy atom. The van der Waals surface area contributed by atoms with E-state index in [0.29, 0.717) is 35.0 Å². The molecule has 7 heteroatoms. The number of aliphatic imine (C=N–C) groups is 1. The van der Waals surface area contributed by atoms with Gasteiger partial charge in [0.15, 0.2) is 5.96 Å². The fraction of sp³-hybridized carbons (Fsp3) is 0.250. The minimum Gasteiger partial charge on any atom is -0.481 e. The van der Waals surface area contributed by atoms with Gasteiger partial charge in [-0.15, -0.1) is 0 Å². The van der Waals surface area contributed by atoms with Gasteiger partial charge in [-0.25, -0.2) is 4.98 Å². The zero-order chi connectivity index (χ0) is 16.7. The van der Waals surface area contributed by atoms with Crippen molar-refractivity contribution in [1.82, 2.24) is 15.6 Å². The number of guanidine groups is 1. The van der Waals surface area contributed by atoms with Crippen molar-refractivity contribution in [2.75, 3.05) is 14.2 Å². The largest absolute Gasteiger partial charge is 0.481 e. The molecule has 0 aliphatic rings. The summed E-state index contributed by atoms with van der Waals surface area (Å²) in [5.41, 5.74) is 1.89. The Labute approximate surface area is 145 Å². The van der Waals surface area contributed by atoms with Gasteiger partial charge in [0.2, 0.25) is 5.88 Å². The lowest BCUT2D eigenvalue weighted by molar-refractivity contribution is 0.392. The predicted octanol–water partition coefficient (Wildman–Crippen LogP) is 3.26. The molecule has 0 saturated heterocycles. The molecule has 0 radical (unpaired) electrons. The number of rotatable bonds is 5. The highest BCUT2D eigenvalue weighted by Gasteiger charge is 2.06. The maximum atomic E-state index is 6.16. The number of ether oxygens (including phenoxy) is 1. The Balaban J connectivity index is 1.93. The molecule has 0 fully saturated rings. The second kappa shape index (κ2) is 8.60. The molecule has 122 valence electrons. The van der Waals surface area contributed by atoms with Gasteiger partial charge in [-0.3, -0.25) is 4.99 Å². The minimum atomic E-state index is 0.542. The summed E-state index contributed by atoms with van der Waals surface area (Å²) in [5, 5.41) is 7.65. The van der Waals surface area contributed by atoms with Gasteiger partial charge in [-0.1, -0.05) is 35.3 Å². The number of nitrogens with one attached hydrogen (secondary N) is 2. The smallest absolute Gasteiger partial charge is 0.218 e. The summed E-state index contributed by atoms with van der Waals surface area (Å²) in [6, 6.07) is 9.22. The maximum absolute atomic E-state index is 6.16. The SMILES string of the molecule is CN=C(NCc1ccc(Cl)cc1Cl)NCc1cccnc1OC. The van der Waals surface area contributed by atoms with Crippen LogP contribution in [-0.4, -0.2) is 25.1 Å². The van der Waals surface area contributed by atoms with Gasteiger partial charge < -0.3 is 15.4 Å². The molecule has 0 saturated carbocycles. The normalized spacial score (nSPS) is 11.2. The quantitative estimate of drug-likeness (QED) is 0.640. The molecule has 0 unspecified atom stereocenters. The van der Waals surface area contributed by atoms with Crippen molar-refractivity contribution in [3.8, 4) is 5.88 Å². The average molecular weight is 353 g/mol. The summed E-state index contributed by atoms with van der Waals surface area (Å²) in [6.07, 6.45) is 1.69. The van der Waals surface area contributed by atoms with Crippen molar-refractivity contribution in [3.05, 3.63) is 57.7 Å². The van der Waals surface area contributed by atoms with E-state index >= 15 is 0 Å². The van der Waals surface area contributed by atoms with Crippen molar-refractivity contribution >= 4 is 29.2 Å². The standard InChI is InChI=1S/C16H18Cl2N4O/c1-19-16(21-9-11-5-6-13(17)8-14(11)18)22-10-12-4-3-7-20-15(12)23-2/h3-8H,9-10H2,1-2H3,(H2,19,21,22). The summed E-state index contributed by atoms with van der Waals surface area (Å²) < 4.78 is 5.23. The number of benzene rings is 1. The predicted molar refractivity (Wildman–Crippen MR) is 94.3 cm³/mol. The lowest BCUT2D eigenvalue weighted by Gasteiger charge is -2.14. The maximum Gasteiger partial charge on any atom is 0.218 e. The van der Waals surface area contributed by atoms with Crippen LogP contribution in [0.1, 0.15) is 11.1 Å². The molecule has 2 N–H and O–H groups in total. The minimum absolute atomic E-state index is 0.542. The molecular formula is C16H18Cl2N4O. The molecule has 1 heterocycles. The third-order valence-electron chi connectivity index (χ3n) is 3.17. The van der Waals surface area contributed by atoms with Crippen LogP contribution in [0.3, 0.4) is 0 Å². The summed E-state index contributed by atoms with van der Waals surface area (Å²) in [7, 11) is 3.31. The Morgan fingerprint density at radius 2 is 1.91 bits per heavy atom. The summed E-state index contributed by atoms with van der Waals surface area (Å²) >= 11 is 12.1. The van der Waals surface area contributed by atoms with Gasteiger partial charge >= 0.3 is 0 Å². The fourth-order valence-electron chi connectivity index (χ4n) is 1.99. The number of hydrogen-bond acceptors (Lipinski definition) is 3. The zero-order valence-corrected chi connectivity index (χ0v) is 14.4. The van der Waals surface area contributed by atoms with Crippen LogP contribution in [0.5, 0.6) is 5.88 Å². The highest BCUT2D eigenvalue weighted by molar-refractivity contribution is 6.35. The molecule has 0 bridgehead atoms. The van der Waals surface area contributed by atoms with E-state index in [2.05, 4.69) is 20.6 Å². The third-order valence-corrected chi connectivity index (χ3v) is 3.76. The van der Waals surface area contributed by atoms with E-state index in [9.17, 15) is 0 Å². The third kappa shape index (κ3) is 5.01. The Morgan fingerprint density at radius 3 is 2.57 bits per heavy atom. The first kappa shape index (κ1) is 17.4. The molecule has 1 aromatic carbocycles. The van der Waals surface area contributed by atoms with E-state index in [4.69, 9.17) is 27.9 Å². The number of hydrogen-bond donors (Lipinski definition) is 2. The van der Waals surface area contributed by atoms with Crippen molar-refractivity contribution in [2.45, 2.75) is 13.1 Å². The average Bonchev–Trinajstić information content (AvgIpc) is 2.56. The molecule has 0 aliphatic carbocycles. The molecular weight excluding hydrogens is 335 g/mol. The number of pyridine rings is 1. The van der Waals surface area contributed by atoms with E-state index in [1.54, 1.807) is 32.5 Å². The molecule has 0 spiro atoms. The van der Waals surface area contributed by atoms with Crippen LogP contribution in [0, 0.1) is 0 Å². The topological polar surface area (TPSA) is 58.5 Å². The van der Waals surface area contributed by atoms with Gasteiger partial charge in [-0.2, -0.15) is 0 Å². The first-order chi connectivity index (χ1) is 11.1. The lowest BCUT2D eigenvalue weighted by Crippen LogP contribution is -2.36. The van der Waals surface area contributed by atoms with E-state index < -0.39 is 0 Å². The monoisotopic (exact) mass is 352 g/mol. The van der Waals surface area contributed by atoms with Crippen LogP contribution in [-0.2, 0) is 13.1 Å². The summed E-state index contributed by atoms with van der Waals surface area (Å²) in [6.45, 7) is 1.09. The molecule has 5 nitrogen and oxygen atoms in total. The molecule has 0 aliphatic heterocycles. The van der Waals surface area contributed by atoms with Gasteiger partial charge in [0, 0.05) is 41.9 Å². The van der Waals surface area contributed by atoms with Gasteiger partial charge in [0.1, 0.15) is 0 Å². The zero-order valence-electron chi connectivity index (χ0n) is 12.9. The number of nitrogens with zero attached hydrogens (tertiary/aromatic N) is 2. The van der Waals surface area contributed by atoms with Crippen molar-refractivity contribution in [2.24, 2.45) is 4.99 Å². The Kier molecular flexibility index (Phi) is 6.50. The molecule has 23 heavy (non-hydrogen) atoms. The van der Waals surface area contributed by atoms with Crippen LogP contribution in [0.15, 0.2) is 41.5 Å². The van der Waals surface area contributed by atoms with Crippen molar-refractivity contribution in [1.29, 1.82) is 0 Å². The second-order valence-electron chi connectivity index (χ2n) is 4.69. The Hall–Kier alpha value is -1.98. The van der Waals surface area contributed by atoms with E-state index in [-0.39, 0.29) is 0 Å². The molecule has 2 aromatic rings. The number of methoxy groups -OCH3 is 1. The molecule has 1 aromatic heterocycles. The highest BCUT2D eigenvalue weighted by Crippen LogP contribution is 2.20. The highest BCUT2D eigenvalue weighted by atomic mass is 35.5. The van der Waals surface area contributed by atoms with Crippen molar-refractivity contribution in [3.63, 3.8) is 0 Å². The fourth-order valence-corrected chi connectivity index (χ4v) is 2.46. The number of halogens is 2. The van der Waals surface area contributed by atoms with Crippen LogP contribution >= 0.6 is 23.2 Å². The molecule has 2 rings (SSSR count). The van der Waals surface area contributed by atoms with Gasteiger partial charge in [-0.05, 0) is 23.8 Å². The number of aromatic nitrogens is 1. The van der Waals surface area contributed by atoms with Crippen LogP contribution in [0.4, 0.5) is 0 Å². The lowest BCUT2D eigenvalue weighted by atomic mass is 10.2. The Bertz CT molecular complexity index is 692. The first-order valence-electron chi connectivity index (χ1n) is 7.00. The molecule has 0 amide bonds. The van der Waals surface area contributed by atoms with Crippen molar-refractivity contribution < 1.29 is 4.74 Å². The second-order valence-corrected chi connectivity index (χ2v) is 5.53. The summed E-state index contributed by atoms with van der Waals surface area (Å²) in [4.78, 5) is 8.35. The first-order valence-corrected chi connectivity index (χ1v) is 7.76. The van der Waals surface area contributed by atoms with E-state index in [0.717, 1.165) is 11.1 Å². The molecule has 0 atom stereocenters. The van der Waals surface area contributed by atoms with Crippen LogP contribution < -0.4 is 15.4 Å². The van der Waals surface area contributed by atoms with E-state index in [1.165, 1.54) is 0 Å². The van der Waals surface area contributed by atoms with Gasteiger partial charge in [0.25, 0.3) is 0 Å².